The second kappa shape index (κ2) is 5.23. The molecule has 7 heteroatoms. The molecule has 6 nitrogen and oxygen atoms in total. The monoisotopic (exact) mass is 239 g/mol. The second-order valence-corrected chi connectivity index (χ2v) is 4.61. The van der Waals surface area contributed by atoms with Crippen LogP contribution in [0, 0.1) is 11.3 Å². The van der Waals surface area contributed by atoms with Crippen LogP contribution in [0.1, 0.15) is 4.88 Å². The molecule has 0 radical (unpaired) electrons. The van der Waals surface area contributed by atoms with E-state index in [9.17, 15) is 0 Å². The number of ether oxygens (including phenoxy) is 1. The summed E-state index contributed by atoms with van der Waals surface area (Å²) in [5.41, 5.74) is 2.52. The smallest absolute Gasteiger partial charge is 0.197 e. The normalized spacial score (nSPS) is 21.6. The van der Waals surface area contributed by atoms with E-state index in [4.69, 9.17) is 15.8 Å². The lowest BCUT2D eigenvalue weighted by Gasteiger charge is -2.28. The van der Waals surface area contributed by atoms with Gasteiger partial charge < -0.3 is 4.74 Å². The molecule has 3 N–H and O–H groups in total. The number of hydrazine groups is 1. The number of thiazole rings is 1. The Hall–Kier alpha value is -1.20. The average molecular weight is 239 g/mol. The van der Waals surface area contributed by atoms with Crippen molar-refractivity contribution in [3.05, 3.63) is 11.1 Å². The van der Waals surface area contributed by atoms with Crippen LogP contribution >= 0.6 is 11.3 Å². The number of nitrogen functional groups attached to an aromatic ring is 1. The van der Waals surface area contributed by atoms with Crippen LogP contribution < -0.4 is 11.3 Å². The number of nitrogens with two attached hydrogens (primary N) is 1. The number of anilines is 1. The van der Waals surface area contributed by atoms with E-state index in [1.54, 1.807) is 6.20 Å². The minimum atomic E-state index is -0.311. The first-order valence-electron chi connectivity index (χ1n) is 4.96. The molecule has 0 amide bonds. The second-order valence-electron chi connectivity index (χ2n) is 3.50. The molecule has 1 atom stereocenters. The Balaban J connectivity index is 1.91. The van der Waals surface area contributed by atoms with Crippen LogP contribution in [0.4, 0.5) is 5.13 Å². The highest BCUT2D eigenvalue weighted by Crippen LogP contribution is 2.19. The fraction of sp³-hybridized carbons (Fsp3) is 0.556. The fourth-order valence-electron chi connectivity index (χ4n) is 1.59. The molecule has 1 aliphatic heterocycles. The summed E-state index contributed by atoms with van der Waals surface area (Å²) in [6.07, 6.45) is 1.49. The summed E-state index contributed by atoms with van der Waals surface area (Å²) in [5, 5.41) is 9.49. The van der Waals surface area contributed by atoms with Crippen molar-refractivity contribution >= 4 is 16.5 Å². The Morgan fingerprint density at radius 3 is 3.38 bits per heavy atom. The van der Waals surface area contributed by atoms with E-state index in [2.05, 4.69) is 21.4 Å². The summed E-state index contributed by atoms with van der Waals surface area (Å²) < 4.78 is 5.27. The third-order valence-electron chi connectivity index (χ3n) is 2.35. The van der Waals surface area contributed by atoms with E-state index in [0.29, 0.717) is 18.3 Å². The highest BCUT2D eigenvalue weighted by molar-refractivity contribution is 7.15. The molecular weight excluding hydrogens is 226 g/mol. The van der Waals surface area contributed by atoms with Crippen LogP contribution in [0.3, 0.4) is 0 Å². The van der Waals surface area contributed by atoms with Crippen molar-refractivity contribution in [2.45, 2.75) is 12.6 Å². The van der Waals surface area contributed by atoms with E-state index in [1.165, 1.54) is 11.3 Å². The Morgan fingerprint density at radius 1 is 1.81 bits per heavy atom. The van der Waals surface area contributed by atoms with Gasteiger partial charge in [-0.05, 0) is 0 Å². The SMILES string of the molecule is N#CC1CN(Cc2cnc(NN)s2)CCO1. The summed E-state index contributed by atoms with van der Waals surface area (Å²) in [4.78, 5) is 7.42. The van der Waals surface area contributed by atoms with Crippen molar-refractivity contribution in [3.63, 3.8) is 0 Å². The molecule has 1 aliphatic rings. The van der Waals surface area contributed by atoms with Crippen molar-refractivity contribution < 1.29 is 4.74 Å². The Kier molecular flexibility index (Phi) is 3.69. The van der Waals surface area contributed by atoms with Crippen molar-refractivity contribution in [1.82, 2.24) is 9.88 Å². The lowest BCUT2D eigenvalue weighted by Crippen LogP contribution is -2.41. The first-order chi connectivity index (χ1) is 7.81. The molecule has 16 heavy (non-hydrogen) atoms. The van der Waals surface area contributed by atoms with Crippen LogP contribution in [0.15, 0.2) is 6.20 Å². The molecule has 0 saturated carbocycles. The highest BCUT2D eigenvalue weighted by atomic mass is 32.1. The lowest BCUT2D eigenvalue weighted by atomic mass is 10.3. The molecule has 2 rings (SSSR count). The summed E-state index contributed by atoms with van der Waals surface area (Å²) in [7, 11) is 0. The van der Waals surface area contributed by atoms with Crippen LogP contribution in [0.25, 0.3) is 0 Å². The molecule has 2 heterocycles. The zero-order chi connectivity index (χ0) is 11.4. The highest BCUT2D eigenvalue weighted by Gasteiger charge is 2.20. The number of morpholine rings is 1. The van der Waals surface area contributed by atoms with Crippen molar-refractivity contribution in [1.29, 1.82) is 5.26 Å². The standard InChI is InChI=1S/C9H13N5OS/c10-3-7-5-14(1-2-15-7)6-8-4-12-9(13-11)16-8/h4,7H,1-2,5-6,11H2,(H,12,13). The molecule has 1 aromatic rings. The van der Waals surface area contributed by atoms with Gasteiger partial charge in [0, 0.05) is 30.7 Å². The molecule has 0 bridgehead atoms. The van der Waals surface area contributed by atoms with Gasteiger partial charge in [-0.1, -0.05) is 11.3 Å². The molecule has 1 fully saturated rings. The minimum absolute atomic E-state index is 0.311. The van der Waals surface area contributed by atoms with Gasteiger partial charge in [0.1, 0.15) is 0 Å². The fourth-order valence-corrected chi connectivity index (χ4v) is 2.36. The maximum Gasteiger partial charge on any atom is 0.197 e. The van der Waals surface area contributed by atoms with Gasteiger partial charge in [0.15, 0.2) is 11.2 Å². The average Bonchev–Trinajstić information content (AvgIpc) is 2.77. The number of nitrogens with zero attached hydrogens (tertiary/aromatic N) is 3. The van der Waals surface area contributed by atoms with Gasteiger partial charge in [0.25, 0.3) is 0 Å². The molecule has 1 aromatic heterocycles. The quantitative estimate of drug-likeness (QED) is 0.577. The van der Waals surface area contributed by atoms with Gasteiger partial charge in [-0.25, -0.2) is 10.8 Å². The third-order valence-corrected chi connectivity index (χ3v) is 3.26. The summed E-state index contributed by atoms with van der Waals surface area (Å²) in [5.74, 6) is 5.26. The molecule has 1 saturated heterocycles. The van der Waals surface area contributed by atoms with Gasteiger partial charge in [0.05, 0.1) is 12.7 Å². The van der Waals surface area contributed by atoms with Gasteiger partial charge in [-0.15, -0.1) is 0 Å². The van der Waals surface area contributed by atoms with E-state index in [0.717, 1.165) is 18.0 Å². The first kappa shape index (κ1) is 11.3. The van der Waals surface area contributed by atoms with Gasteiger partial charge in [-0.3, -0.25) is 10.3 Å². The van der Waals surface area contributed by atoms with Gasteiger partial charge in [-0.2, -0.15) is 5.26 Å². The lowest BCUT2D eigenvalue weighted by molar-refractivity contribution is -0.00234. The Bertz CT molecular complexity index is 387. The van der Waals surface area contributed by atoms with Gasteiger partial charge in [0.2, 0.25) is 0 Å². The third kappa shape index (κ3) is 2.68. The molecule has 0 aromatic carbocycles. The number of aromatic nitrogens is 1. The van der Waals surface area contributed by atoms with Gasteiger partial charge >= 0.3 is 0 Å². The van der Waals surface area contributed by atoms with E-state index < -0.39 is 0 Å². The molecule has 0 spiro atoms. The van der Waals surface area contributed by atoms with Crippen LogP contribution in [-0.4, -0.2) is 35.7 Å². The summed E-state index contributed by atoms with van der Waals surface area (Å²) in [6.45, 7) is 2.90. The van der Waals surface area contributed by atoms with E-state index in [1.807, 2.05) is 0 Å². The topological polar surface area (TPSA) is 87.2 Å². The van der Waals surface area contributed by atoms with Crippen molar-refractivity contribution in [2.75, 3.05) is 25.1 Å². The van der Waals surface area contributed by atoms with Crippen molar-refractivity contribution in [2.24, 2.45) is 5.84 Å². The van der Waals surface area contributed by atoms with E-state index >= 15 is 0 Å². The van der Waals surface area contributed by atoms with Crippen LogP contribution in [-0.2, 0) is 11.3 Å². The maximum absolute atomic E-state index is 8.78. The van der Waals surface area contributed by atoms with Crippen LogP contribution in [0.5, 0.6) is 0 Å². The first-order valence-corrected chi connectivity index (χ1v) is 5.78. The minimum Gasteiger partial charge on any atom is -0.361 e. The Morgan fingerprint density at radius 2 is 2.69 bits per heavy atom. The predicted molar refractivity (Wildman–Crippen MR) is 60.6 cm³/mol. The number of nitrogens with one attached hydrogen (secondary N) is 1. The van der Waals surface area contributed by atoms with Crippen LogP contribution in [0.2, 0.25) is 0 Å². The van der Waals surface area contributed by atoms with Crippen molar-refractivity contribution in [3.8, 4) is 6.07 Å². The Labute approximate surface area is 97.6 Å². The molecular formula is C9H13N5OS. The summed E-state index contributed by atoms with van der Waals surface area (Å²) in [6, 6.07) is 2.13. The molecule has 0 aliphatic carbocycles. The largest absolute Gasteiger partial charge is 0.361 e. The number of nitriles is 1. The zero-order valence-corrected chi connectivity index (χ0v) is 9.54. The number of rotatable bonds is 3. The van der Waals surface area contributed by atoms with E-state index in [-0.39, 0.29) is 6.10 Å². The predicted octanol–water partition coefficient (Wildman–Crippen LogP) is 0.153. The number of hydrogen-bond donors (Lipinski definition) is 2. The zero-order valence-electron chi connectivity index (χ0n) is 8.72. The number of hydrogen-bond acceptors (Lipinski definition) is 7. The molecule has 86 valence electrons. The summed E-state index contributed by atoms with van der Waals surface area (Å²) >= 11 is 1.52. The molecule has 1 unspecified atom stereocenters. The maximum atomic E-state index is 8.78.